The molecule has 1 aliphatic heterocycles. The lowest BCUT2D eigenvalue weighted by molar-refractivity contribution is -0.151. The van der Waals surface area contributed by atoms with Crippen molar-refractivity contribution in [3.05, 3.63) is 46.3 Å². The van der Waals surface area contributed by atoms with E-state index in [9.17, 15) is 13.2 Å². The number of esters is 1. The number of benzene rings is 1. The second-order valence-corrected chi connectivity index (χ2v) is 8.92. The van der Waals surface area contributed by atoms with Gasteiger partial charge in [0.1, 0.15) is 12.4 Å². The Bertz CT molecular complexity index is 896. The highest BCUT2D eigenvalue weighted by Gasteiger charge is 2.33. The van der Waals surface area contributed by atoms with Crippen molar-refractivity contribution in [3.8, 4) is 0 Å². The van der Waals surface area contributed by atoms with Gasteiger partial charge in [0.2, 0.25) is 10.0 Å². The molecule has 0 N–H and O–H groups in total. The molecule has 0 bridgehead atoms. The first-order valence-electron chi connectivity index (χ1n) is 8.63. The monoisotopic (exact) mass is 412 g/mol. The summed E-state index contributed by atoms with van der Waals surface area (Å²) in [5.41, 5.74) is 1.47. The average Bonchev–Trinajstić information content (AvgIpc) is 2.98. The molecule has 1 fully saturated rings. The van der Waals surface area contributed by atoms with E-state index in [1.807, 2.05) is 0 Å². The number of aromatic nitrogens is 1. The number of ether oxygens (including phenoxy) is 1. The molecule has 3 rings (SSSR count). The maximum absolute atomic E-state index is 12.7. The van der Waals surface area contributed by atoms with Crippen molar-refractivity contribution in [3.63, 3.8) is 0 Å². The topological polar surface area (TPSA) is 89.7 Å². The number of carbonyl (C=O) groups is 1. The van der Waals surface area contributed by atoms with Gasteiger partial charge in [-0.2, -0.15) is 4.31 Å². The first-order chi connectivity index (χ1) is 12.8. The molecule has 146 valence electrons. The van der Waals surface area contributed by atoms with Crippen LogP contribution in [0.5, 0.6) is 0 Å². The number of hydrogen-bond acceptors (Lipinski definition) is 6. The van der Waals surface area contributed by atoms with Crippen LogP contribution in [-0.2, 0) is 26.2 Å². The van der Waals surface area contributed by atoms with Gasteiger partial charge in [-0.3, -0.25) is 4.79 Å². The third kappa shape index (κ3) is 4.34. The van der Waals surface area contributed by atoms with E-state index >= 15 is 0 Å². The first kappa shape index (κ1) is 19.9. The molecular weight excluding hydrogens is 392 g/mol. The van der Waals surface area contributed by atoms with Crippen molar-refractivity contribution >= 4 is 27.6 Å². The highest BCUT2D eigenvalue weighted by Crippen LogP contribution is 2.26. The van der Waals surface area contributed by atoms with Crippen molar-refractivity contribution < 1.29 is 22.5 Å². The lowest BCUT2D eigenvalue weighted by atomic mass is 9.98. The molecule has 0 saturated carbocycles. The van der Waals surface area contributed by atoms with E-state index in [4.69, 9.17) is 20.9 Å². The Labute approximate surface area is 163 Å². The number of sulfonamides is 1. The second-order valence-electron chi connectivity index (χ2n) is 6.54. The molecule has 1 aromatic carbocycles. The van der Waals surface area contributed by atoms with Gasteiger partial charge in [0.25, 0.3) is 0 Å². The van der Waals surface area contributed by atoms with Crippen LogP contribution in [0.15, 0.2) is 33.7 Å². The fourth-order valence-corrected chi connectivity index (χ4v) is 4.65. The summed E-state index contributed by atoms with van der Waals surface area (Å²) in [6, 6.07) is 6.07. The highest BCUT2D eigenvalue weighted by atomic mass is 35.5. The summed E-state index contributed by atoms with van der Waals surface area (Å²) in [6.45, 7) is 4.22. The van der Waals surface area contributed by atoms with Gasteiger partial charge < -0.3 is 9.26 Å². The summed E-state index contributed by atoms with van der Waals surface area (Å²) in [6.07, 6.45) is 0.848. The SMILES string of the molecule is Cc1noc(C)c1COC(=O)C1CCN(S(=O)(=O)c2ccc(Cl)cc2)CC1. The van der Waals surface area contributed by atoms with Crippen molar-refractivity contribution in [1.82, 2.24) is 9.46 Å². The Hall–Kier alpha value is -1.90. The van der Waals surface area contributed by atoms with Crippen molar-refractivity contribution in [2.75, 3.05) is 13.1 Å². The number of carbonyl (C=O) groups excluding carboxylic acids is 1. The van der Waals surface area contributed by atoms with Crippen LogP contribution in [-0.4, -0.2) is 36.9 Å². The molecule has 0 unspecified atom stereocenters. The first-order valence-corrected chi connectivity index (χ1v) is 10.4. The fourth-order valence-electron chi connectivity index (χ4n) is 3.06. The molecule has 0 radical (unpaired) electrons. The molecule has 2 heterocycles. The van der Waals surface area contributed by atoms with E-state index in [0.717, 1.165) is 5.56 Å². The number of piperidine rings is 1. The van der Waals surface area contributed by atoms with Crippen LogP contribution in [0.2, 0.25) is 5.02 Å². The van der Waals surface area contributed by atoms with Crippen LogP contribution in [0.4, 0.5) is 0 Å². The zero-order chi connectivity index (χ0) is 19.6. The predicted molar refractivity (Wildman–Crippen MR) is 98.7 cm³/mol. The molecule has 27 heavy (non-hydrogen) atoms. The van der Waals surface area contributed by atoms with E-state index < -0.39 is 10.0 Å². The molecule has 0 amide bonds. The normalized spacial score (nSPS) is 16.4. The van der Waals surface area contributed by atoms with Crippen molar-refractivity contribution in [1.29, 1.82) is 0 Å². The van der Waals surface area contributed by atoms with Crippen molar-refractivity contribution in [2.45, 2.75) is 38.2 Å². The molecule has 2 aromatic rings. The van der Waals surface area contributed by atoms with Gasteiger partial charge >= 0.3 is 5.97 Å². The van der Waals surface area contributed by atoms with Gasteiger partial charge in [0.15, 0.2) is 0 Å². The summed E-state index contributed by atoms with van der Waals surface area (Å²) >= 11 is 5.82. The Morgan fingerprint density at radius 2 is 1.89 bits per heavy atom. The third-order valence-electron chi connectivity index (χ3n) is 4.78. The number of rotatable bonds is 5. The lowest BCUT2D eigenvalue weighted by Gasteiger charge is -2.30. The minimum absolute atomic E-state index is 0.114. The molecule has 1 saturated heterocycles. The minimum atomic E-state index is -3.58. The van der Waals surface area contributed by atoms with Gasteiger partial charge in [-0.25, -0.2) is 8.42 Å². The summed E-state index contributed by atoms with van der Waals surface area (Å²) in [7, 11) is -3.58. The van der Waals surface area contributed by atoms with Gasteiger partial charge in [-0.1, -0.05) is 16.8 Å². The maximum atomic E-state index is 12.7. The number of halogens is 1. The Kier molecular flexibility index (Phi) is 5.88. The number of hydrogen-bond donors (Lipinski definition) is 0. The van der Waals surface area contributed by atoms with Crippen LogP contribution in [0.25, 0.3) is 0 Å². The molecular formula is C18H21ClN2O5S. The van der Waals surface area contributed by atoms with E-state index in [-0.39, 0.29) is 36.5 Å². The highest BCUT2D eigenvalue weighted by molar-refractivity contribution is 7.89. The van der Waals surface area contributed by atoms with Crippen LogP contribution >= 0.6 is 11.6 Å². The Balaban J connectivity index is 1.56. The largest absolute Gasteiger partial charge is 0.460 e. The maximum Gasteiger partial charge on any atom is 0.309 e. The Morgan fingerprint density at radius 3 is 2.44 bits per heavy atom. The summed E-state index contributed by atoms with van der Waals surface area (Å²) in [5, 5.41) is 4.31. The van der Waals surface area contributed by atoms with Crippen LogP contribution in [0.1, 0.15) is 29.9 Å². The van der Waals surface area contributed by atoms with E-state index in [2.05, 4.69) is 5.16 Å². The van der Waals surface area contributed by atoms with Gasteiger partial charge in [-0.15, -0.1) is 0 Å². The number of aryl methyl sites for hydroxylation is 2. The summed E-state index contributed by atoms with van der Waals surface area (Å²) < 4.78 is 37.2. The third-order valence-corrected chi connectivity index (χ3v) is 6.94. The molecule has 7 nitrogen and oxygen atoms in total. The van der Waals surface area contributed by atoms with Gasteiger partial charge in [-0.05, 0) is 51.0 Å². The van der Waals surface area contributed by atoms with Crippen molar-refractivity contribution in [2.24, 2.45) is 5.92 Å². The number of nitrogens with zero attached hydrogens (tertiary/aromatic N) is 2. The quantitative estimate of drug-likeness (QED) is 0.701. The van der Waals surface area contributed by atoms with E-state index in [1.54, 1.807) is 26.0 Å². The average molecular weight is 413 g/mol. The van der Waals surface area contributed by atoms with E-state index in [1.165, 1.54) is 16.4 Å². The van der Waals surface area contributed by atoms with Crippen LogP contribution in [0.3, 0.4) is 0 Å². The Morgan fingerprint density at radius 1 is 1.26 bits per heavy atom. The molecule has 1 aliphatic rings. The molecule has 0 atom stereocenters. The molecule has 9 heteroatoms. The second kappa shape index (κ2) is 8.00. The molecule has 0 spiro atoms. The molecule has 0 aliphatic carbocycles. The standard InChI is InChI=1S/C18H21ClN2O5S/c1-12-17(13(2)26-20-12)11-25-18(22)14-7-9-21(10-8-14)27(23,24)16-5-3-15(19)4-6-16/h3-6,14H,7-11H2,1-2H3. The molecule has 1 aromatic heterocycles. The minimum Gasteiger partial charge on any atom is -0.460 e. The zero-order valence-electron chi connectivity index (χ0n) is 15.1. The van der Waals surface area contributed by atoms with E-state index in [0.29, 0.717) is 29.3 Å². The lowest BCUT2D eigenvalue weighted by Crippen LogP contribution is -2.40. The van der Waals surface area contributed by atoms with Crippen LogP contribution < -0.4 is 0 Å². The van der Waals surface area contributed by atoms with Crippen LogP contribution in [0, 0.1) is 19.8 Å². The zero-order valence-corrected chi connectivity index (χ0v) is 16.7. The van der Waals surface area contributed by atoms with Gasteiger partial charge in [0.05, 0.1) is 22.1 Å². The van der Waals surface area contributed by atoms with Gasteiger partial charge in [0, 0.05) is 18.1 Å². The summed E-state index contributed by atoms with van der Waals surface area (Å²) in [5.74, 6) is -0.00939. The summed E-state index contributed by atoms with van der Waals surface area (Å²) in [4.78, 5) is 12.5. The predicted octanol–water partition coefficient (Wildman–Crippen LogP) is 3.09. The smallest absolute Gasteiger partial charge is 0.309 e. The fraction of sp³-hybridized carbons (Fsp3) is 0.444.